The van der Waals surface area contributed by atoms with Crippen LogP contribution in [0, 0.1) is 0 Å². The molecule has 148 valence electrons. The number of hydrogen-bond acceptors (Lipinski definition) is 3. The van der Waals surface area contributed by atoms with Gasteiger partial charge >= 0.3 is 6.36 Å². The molecule has 0 amide bonds. The van der Waals surface area contributed by atoms with Crippen LogP contribution in [0.15, 0.2) is 81.3 Å². The van der Waals surface area contributed by atoms with Crippen LogP contribution in [0.25, 0.3) is 16.9 Å². The SMILES string of the molecule is FC(F)(F)Oc1ccccc1-c1ccc(C2=NC(Cl)=C(c3ccccc3)CC2)o1. The zero-order valence-electron chi connectivity index (χ0n) is 15.0. The number of para-hydroxylation sites is 1. The molecule has 0 spiro atoms. The van der Waals surface area contributed by atoms with Gasteiger partial charge in [0, 0.05) is 0 Å². The summed E-state index contributed by atoms with van der Waals surface area (Å²) in [6.07, 6.45) is -3.50. The Morgan fingerprint density at radius 3 is 2.28 bits per heavy atom. The number of aliphatic imine (C=N–C) groups is 1. The van der Waals surface area contributed by atoms with Gasteiger partial charge in [-0.05, 0) is 48.2 Å². The molecule has 1 aromatic heterocycles. The van der Waals surface area contributed by atoms with Crippen molar-refractivity contribution >= 4 is 22.9 Å². The molecule has 0 radical (unpaired) electrons. The van der Waals surface area contributed by atoms with Crippen LogP contribution in [0.4, 0.5) is 13.2 Å². The van der Waals surface area contributed by atoms with E-state index in [1.807, 2.05) is 30.3 Å². The lowest BCUT2D eigenvalue weighted by molar-refractivity contribution is -0.274. The number of alkyl halides is 3. The number of halogens is 4. The van der Waals surface area contributed by atoms with Crippen molar-refractivity contribution in [1.29, 1.82) is 0 Å². The fourth-order valence-corrected chi connectivity index (χ4v) is 3.50. The number of ether oxygens (including phenoxy) is 1. The lowest BCUT2D eigenvalue weighted by atomic mass is 9.98. The van der Waals surface area contributed by atoms with Crippen LogP contribution in [-0.4, -0.2) is 12.1 Å². The van der Waals surface area contributed by atoms with E-state index in [0.717, 1.165) is 11.1 Å². The lowest BCUT2D eigenvalue weighted by Gasteiger charge is -2.15. The van der Waals surface area contributed by atoms with Crippen LogP contribution < -0.4 is 4.74 Å². The van der Waals surface area contributed by atoms with Crippen LogP contribution >= 0.6 is 11.6 Å². The summed E-state index contributed by atoms with van der Waals surface area (Å²) >= 11 is 6.39. The highest BCUT2D eigenvalue weighted by Gasteiger charge is 2.32. The van der Waals surface area contributed by atoms with Crippen molar-refractivity contribution in [1.82, 2.24) is 0 Å². The molecule has 0 saturated heterocycles. The standard InChI is InChI=1S/C22H15ClF3NO2/c23-21-15(14-6-2-1-3-7-14)10-11-17(27-21)20-13-12-18(28-20)16-8-4-5-9-19(16)29-22(24,25)26/h1-9,12-13H,10-11H2. The summed E-state index contributed by atoms with van der Waals surface area (Å²) < 4.78 is 47.9. The fraction of sp³-hybridized carbons (Fsp3) is 0.136. The number of benzene rings is 2. The van der Waals surface area contributed by atoms with Crippen LogP contribution in [0.3, 0.4) is 0 Å². The molecular weight excluding hydrogens is 403 g/mol. The van der Waals surface area contributed by atoms with Crippen molar-refractivity contribution in [3.05, 3.63) is 83.2 Å². The van der Waals surface area contributed by atoms with E-state index in [-0.39, 0.29) is 17.1 Å². The summed E-state index contributed by atoms with van der Waals surface area (Å²) in [7, 11) is 0. The average molecular weight is 418 g/mol. The van der Waals surface area contributed by atoms with E-state index < -0.39 is 6.36 Å². The van der Waals surface area contributed by atoms with Gasteiger partial charge in [-0.15, -0.1) is 13.2 Å². The van der Waals surface area contributed by atoms with Gasteiger partial charge in [0.1, 0.15) is 22.4 Å². The molecule has 1 aliphatic rings. The summed E-state index contributed by atoms with van der Waals surface area (Å²) in [6.45, 7) is 0. The summed E-state index contributed by atoms with van der Waals surface area (Å²) in [5, 5.41) is 0.385. The third-order valence-electron chi connectivity index (χ3n) is 4.48. The topological polar surface area (TPSA) is 34.7 Å². The van der Waals surface area contributed by atoms with Gasteiger partial charge < -0.3 is 9.15 Å². The highest BCUT2D eigenvalue weighted by atomic mass is 35.5. The molecule has 0 fully saturated rings. The second-order valence-corrected chi connectivity index (χ2v) is 6.76. The molecular formula is C22H15ClF3NO2. The van der Waals surface area contributed by atoms with Gasteiger partial charge in [-0.3, -0.25) is 0 Å². The summed E-state index contributed by atoms with van der Waals surface area (Å²) in [4.78, 5) is 4.46. The van der Waals surface area contributed by atoms with E-state index in [1.54, 1.807) is 18.2 Å². The maximum atomic E-state index is 12.7. The van der Waals surface area contributed by atoms with Gasteiger partial charge in [-0.25, -0.2) is 4.99 Å². The van der Waals surface area contributed by atoms with Gasteiger partial charge in [0.25, 0.3) is 0 Å². The van der Waals surface area contributed by atoms with Gasteiger partial charge in [-0.1, -0.05) is 54.1 Å². The Hall–Kier alpha value is -2.99. The number of rotatable bonds is 4. The van der Waals surface area contributed by atoms with E-state index in [1.165, 1.54) is 18.2 Å². The lowest BCUT2D eigenvalue weighted by Crippen LogP contribution is -2.17. The largest absolute Gasteiger partial charge is 0.573 e. The van der Waals surface area contributed by atoms with Gasteiger partial charge in [0.05, 0.1) is 11.3 Å². The quantitative estimate of drug-likeness (QED) is 0.427. The molecule has 2 heterocycles. The molecule has 29 heavy (non-hydrogen) atoms. The van der Waals surface area contributed by atoms with Crippen molar-refractivity contribution in [2.24, 2.45) is 4.99 Å². The second-order valence-electron chi connectivity index (χ2n) is 6.40. The Bertz CT molecular complexity index is 1080. The number of hydrogen-bond donors (Lipinski definition) is 0. The summed E-state index contributed by atoms with van der Waals surface area (Å²) in [5.41, 5.74) is 2.82. The normalized spacial score (nSPS) is 14.7. The van der Waals surface area contributed by atoms with E-state index in [2.05, 4.69) is 9.73 Å². The van der Waals surface area contributed by atoms with Crippen molar-refractivity contribution in [2.45, 2.75) is 19.2 Å². The molecule has 0 unspecified atom stereocenters. The minimum Gasteiger partial charge on any atom is -0.455 e. The van der Waals surface area contributed by atoms with Gasteiger partial charge in [0.2, 0.25) is 0 Å². The van der Waals surface area contributed by atoms with E-state index in [4.69, 9.17) is 16.0 Å². The molecule has 2 aromatic carbocycles. The summed E-state index contributed by atoms with van der Waals surface area (Å²) in [6, 6.07) is 18.9. The molecule has 0 N–H and O–H groups in total. The van der Waals surface area contributed by atoms with Crippen molar-refractivity contribution < 1.29 is 22.3 Å². The van der Waals surface area contributed by atoms with Crippen LogP contribution in [0.2, 0.25) is 0 Å². The highest BCUT2D eigenvalue weighted by molar-refractivity contribution is 6.34. The maximum Gasteiger partial charge on any atom is 0.573 e. The van der Waals surface area contributed by atoms with Crippen LogP contribution in [0.5, 0.6) is 5.75 Å². The Labute approximate surface area is 170 Å². The molecule has 0 atom stereocenters. The smallest absolute Gasteiger partial charge is 0.455 e. The zero-order valence-corrected chi connectivity index (χ0v) is 15.8. The monoisotopic (exact) mass is 417 g/mol. The minimum atomic E-state index is -4.79. The van der Waals surface area contributed by atoms with Gasteiger partial charge in [0.15, 0.2) is 0 Å². The fourth-order valence-electron chi connectivity index (χ4n) is 3.19. The van der Waals surface area contributed by atoms with Gasteiger partial charge in [-0.2, -0.15) is 0 Å². The molecule has 7 heteroatoms. The maximum absolute atomic E-state index is 12.7. The predicted octanol–water partition coefficient (Wildman–Crippen LogP) is 7.04. The van der Waals surface area contributed by atoms with E-state index in [9.17, 15) is 13.2 Å². The highest BCUT2D eigenvalue weighted by Crippen LogP contribution is 2.36. The number of furan rings is 1. The third kappa shape index (κ3) is 4.38. The Morgan fingerprint density at radius 1 is 0.862 bits per heavy atom. The number of allylic oxidation sites excluding steroid dienone is 1. The first-order valence-corrected chi connectivity index (χ1v) is 9.25. The Kier molecular flexibility index (Phi) is 5.20. The van der Waals surface area contributed by atoms with Crippen LogP contribution in [0.1, 0.15) is 24.2 Å². The molecule has 0 aliphatic carbocycles. The molecule has 4 rings (SSSR count). The van der Waals surface area contributed by atoms with Crippen LogP contribution in [-0.2, 0) is 0 Å². The molecule has 0 bridgehead atoms. The Morgan fingerprint density at radius 2 is 1.55 bits per heavy atom. The van der Waals surface area contributed by atoms with Crippen molar-refractivity contribution in [3.63, 3.8) is 0 Å². The first-order valence-electron chi connectivity index (χ1n) is 8.88. The third-order valence-corrected chi connectivity index (χ3v) is 4.80. The minimum absolute atomic E-state index is 0.207. The first kappa shape index (κ1) is 19.3. The second kappa shape index (κ2) is 7.79. The van der Waals surface area contributed by atoms with E-state index >= 15 is 0 Å². The Balaban J connectivity index is 1.64. The molecule has 3 nitrogen and oxygen atoms in total. The van der Waals surface area contributed by atoms with Crippen molar-refractivity contribution in [2.75, 3.05) is 0 Å². The molecule has 3 aromatic rings. The molecule has 1 aliphatic heterocycles. The summed E-state index contributed by atoms with van der Waals surface area (Å²) in [5.74, 6) is 0.402. The average Bonchev–Trinajstić information content (AvgIpc) is 3.18. The van der Waals surface area contributed by atoms with E-state index in [0.29, 0.717) is 29.5 Å². The predicted molar refractivity (Wildman–Crippen MR) is 106 cm³/mol. The first-order chi connectivity index (χ1) is 13.9. The molecule has 0 saturated carbocycles. The number of nitrogens with zero attached hydrogens (tertiary/aromatic N) is 1. The van der Waals surface area contributed by atoms with Crippen molar-refractivity contribution in [3.8, 4) is 17.1 Å². The zero-order chi connectivity index (χ0) is 20.4.